The Morgan fingerprint density at radius 3 is 2.27 bits per heavy atom. The van der Waals surface area contributed by atoms with Crippen molar-refractivity contribution in [1.82, 2.24) is 0 Å². The minimum atomic E-state index is -2.62. The van der Waals surface area contributed by atoms with Gasteiger partial charge in [-0.05, 0) is 37.0 Å². The van der Waals surface area contributed by atoms with Crippen LogP contribution in [0.4, 0.5) is 0 Å². The Kier molecular flexibility index (Phi) is 13.9. The Labute approximate surface area is 203 Å². The van der Waals surface area contributed by atoms with Gasteiger partial charge in [-0.2, -0.15) is 0 Å². The zero-order valence-corrected chi connectivity index (χ0v) is 20.9. The van der Waals surface area contributed by atoms with Crippen LogP contribution in [0.15, 0.2) is 24.3 Å². The highest BCUT2D eigenvalue weighted by Crippen LogP contribution is 2.35. The summed E-state index contributed by atoms with van der Waals surface area (Å²) < 4.78 is 23.9. The molecule has 0 bridgehead atoms. The van der Waals surface area contributed by atoms with Crippen LogP contribution >= 0.6 is 23.2 Å². The van der Waals surface area contributed by atoms with Crippen LogP contribution in [0.5, 0.6) is 5.75 Å². The van der Waals surface area contributed by atoms with Crippen molar-refractivity contribution in [2.24, 2.45) is 5.73 Å². The zero-order valence-electron chi connectivity index (χ0n) is 18.6. The van der Waals surface area contributed by atoms with Gasteiger partial charge in [-0.15, -0.1) is 0 Å². The molecule has 0 amide bonds. The molecule has 0 aliphatic heterocycles. The predicted octanol–water partition coefficient (Wildman–Crippen LogP) is 4.24. The van der Waals surface area contributed by atoms with Gasteiger partial charge in [-0.3, -0.25) is 14.4 Å². The molecule has 1 rings (SSSR count). The summed E-state index contributed by atoms with van der Waals surface area (Å²) in [5.74, 6) is -1.98. The van der Waals surface area contributed by atoms with Crippen LogP contribution in [0, 0.1) is 4.78 Å². The standard InChI is InChI=1S/C13H12Cl2O4.C8H18N2O3S/c1-3-7(2)13(18)8-4-5-9(12(15)11(8)14)19-6-10(16)17;1-2-3-5-14(10,13)6-4-7(9)8(11)12/h4-5H,2-3,6H2,1H3,(H,16,17);7,10H,2-6,9H2,1H3,(H,11,12)/t;7-,14-/m.0/s1. The Morgan fingerprint density at radius 1 is 1.18 bits per heavy atom. The fourth-order valence-electron chi connectivity index (χ4n) is 2.23. The lowest BCUT2D eigenvalue weighted by molar-refractivity contribution is -0.139. The molecule has 0 spiro atoms. The van der Waals surface area contributed by atoms with Crippen molar-refractivity contribution in [1.29, 1.82) is 4.78 Å². The maximum absolute atomic E-state index is 11.9. The van der Waals surface area contributed by atoms with E-state index in [2.05, 4.69) is 6.58 Å². The van der Waals surface area contributed by atoms with Crippen molar-refractivity contribution in [3.63, 3.8) is 0 Å². The quantitative estimate of drug-likeness (QED) is 0.219. The molecule has 0 fully saturated rings. The first kappa shape index (κ1) is 30.9. The highest BCUT2D eigenvalue weighted by molar-refractivity contribution is 7.92. The molecule has 0 heterocycles. The largest absolute Gasteiger partial charge is 0.480 e. The normalized spacial score (nSPS) is 13.1. The van der Waals surface area contributed by atoms with E-state index in [1.807, 2.05) is 6.92 Å². The topological polar surface area (TPSA) is 168 Å². The summed E-state index contributed by atoms with van der Waals surface area (Å²) in [6.45, 7) is 6.87. The monoisotopic (exact) mass is 524 g/mol. The van der Waals surface area contributed by atoms with Crippen LogP contribution in [0.25, 0.3) is 0 Å². The number of hydrogen-bond acceptors (Lipinski definition) is 7. The highest BCUT2D eigenvalue weighted by atomic mass is 35.5. The van der Waals surface area contributed by atoms with E-state index < -0.39 is 34.3 Å². The van der Waals surface area contributed by atoms with Gasteiger partial charge >= 0.3 is 11.9 Å². The van der Waals surface area contributed by atoms with Crippen LogP contribution < -0.4 is 10.5 Å². The molecule has 9 nitrogen and oxygen atoms in total. The maximum Gasteiger partial charge on any atom is 0.341 e. The number of allylic oxidation sites excluding steroid dienone is 1. The number of ketones is 1. The molecule has 0 saturated carbocycles. The Morgan fingerprint density at radius 2 is 1.79 bits per heavy atom. The van der Waals surface area contributed by atoms with Crippen LogP contribution in [0.3, 0.4) is 0 Å². The number of benzene rings is 1. The van der Waals surface area contributed by atoms with Crippen molar-refractivity contribution >= 4 is 50.7 Å². The van der Waals surface area contributed by atoms with E-state index in [0.717, 1.165) is 12.8 Å². The number of unbranched alkanes of at least 4 members (excludes halogenated alkanes) is 1. The van der Waals surface area contributed by atoms with Crippen LogP contribution in [-0.4, -0.2) is 56.3 Å². The Hall–Kier alpha value is -2.14. The zero-order chi connectivity index (χ0) is 25.8. The molecule has 186 valence electrons. The van der Waals surface area contributed by atoms with Crippen LogP contribution in [0.2, 0.25) is 10.0 Å². The first-order valence-electron chi connectivity index (χ1n) is 10.0. The molecule has 0 radical (unpaired) electrons. The van der Waals surface area contributed by atoms with Gasteiger partial charge in [-0.1, -0.05) is 50.0 Å². The highest BCUT2D eigenvalue weighted by Gasteiger charge is 2.18. The first-order valence-corrected chi connectivity index (χ1v) is 12.7. The number of rotatable bonds is 13. The van der Waals surface area contributed by atoms with E-state index in [9.17, 15) is 18.6 Å². The predicted molar refractivity (Wildman–Crippen MR) is 129 cm³/mol. The van der Waals surface area contributed by atoms with E-state index in [0.29, 0.717) is 17.7 Å². The lowest BCUT2D eigenvalue weighted by Gasteiger charge is -2.10. The second-order valence-electron chi connectivity index (χ2n) is 7.01. The summed E-state index contributed by atoms with van der Waals surface area (Å²) in [6.07, 6.45) is 2.25. The number of Topliss-reactive ketones (excluding diaryl/α,β-unsaturated/α-hetero) is 1. The lowest BCUT2D eigenvalue weighted by Crippen LogP contribution is -2.32. The third kappa shape index (κ3) is 11.5. The lowest BCUT2D eigenvalue weighted by atomic mass is 10.0. The number of aliphatic carboxylic acids is 2. The molecular weight excluding hydrogens is 495 g/mol. The minimum Gasteiger partial charge on any atom is -0.480 e. The fourth-order valence-corrected chi connectivity index (χ4v) is 4.28. The molecule has 0 unspecified atom stereocenters. The molecule has 5 N–H and O–H groups in total. The number of nitrogens with two attached hydrogens (primary N) is 1. The average molecular weight is 525 g/mol. The van der Waals surface area contributed by atoms with Crippen LogP contribution in [-0.2, 0) is 19.3 Å². The maximum atomic E-state index is 11.9. The SMILES string of the molecule is C=C(CC)C(=O)c1ccc(OCC(=O)O)c(Cl)c1Cl.CCCC[S@](=N)(=O)CC[C@H](N)C(=O)O. The second-order valence-corrected chi connectivity index (χ2v) is 10.2. The van der Waals surface area contributed by atoms with Crippen LogP contribution in [0.1, 0.15) is 49.9 Å². The number of carbonyl (C=O) groups is 3. The van der Waals surface area contributed by atoms with E-state index in [1.54, 1.807) is 6.92 Å². The van der Waals surface area contributed by atoms with E-state index in [1.165, 1.54) is 12.1 Å². The minimum absolute atomic E-state index is 0.0117. The molecule has 2 atom stereocenters. The molecule has 12 heteroatoms. The van der Waals surface area contributed by atoms with Crippen molar-refractivity contribution in [2.45, 2.75) is 45.6 Å². The number of halogens is 2. The summed E-state index contributed by atoms with van der Waals surface area (Å²) in [5, 5.41) is 17.0. The van der Waals surface area contributed by atoms with Gasteiger partial charge in [0.05, 0.1) is 5.02 Å². The fraction of sp³-hybridized carbons (Fsp3) is 0.476. The molecule has 33 heavy (non-hydrogen) atoms. The van der Waals surface area contributed by atoms with Gasteiger partial charge in [0, 0.05) is 26.8 Å². The summed E-state index contributed by atoms with van der Waals surface area (Å²) in [7, 11) is -2.62. The number of nitrogens with one attached hydrogen (secondary N) is 1. The van der Waals surface area contributed by atoms with E-state index >= 15 is 0 Å². The molecule has 0 aliphatic carbocycles. The van der Waals surface area contributed by atoms with Crippen molar-refractivity contribution in [3.05, 3.63) is 39.9 Å². The molecule has 1 aromatic carbocycles. The van der Waals surface area contributed by atoms with Crippen molar-refractivity contribution in [3.8, 4) is 5.75 Å². The summed E-state index contributed by atoms with van der Waals surface area (Å²) in [6, 6.07) is 1.85. The number of ether oxygens (including phenoxy) is 1. The van der Waals surface area contributed by atoms with Gasteiger partial charge < -0.3 is 20.7 Å². The van der Waals surface area contributed by atoms with Crippen molar-refractivity contribution < 1.29 is 33.5 Å². The molecule has 0 saturated heterocycles. The Balaban J connectivity index is 0.000000653. The number of hydrogen-bond donors (Lipinski definition) is 4. The second kappa shape index (κ2) is 14.9. The number of carboxylic acids is 2. The van der Waals surface area contributed by atoms with E-state index in [-0.39, 0.29) is 39.3 Å². The van der Waals surface area contributed by atoms with Gasteiger partial charge in [0.1, 0.15) is 16.8 Å². The van der Waals surface area contributed by atoms with Gasteiger partial charge in [0.2, 0.25) is 0 Å². The molecule has 1 aromatic rings. The first-order chi connectivity index (χ1) is 15.3. The van der Waals surface area contributed by atoms with E-state index in [4.69, 9.17) is 48.7 Å². The van der Waals surface area contributed by atoms with Gasteiger partial charge in [-0.25, -0.2) is 9.00 Å². The number of carbonyl (C=O) groups excluding carboxylic acids is 1. The number of carboxylic acid groups (broad SMARTS) is 2. The third-order valence-electron chi connectivity index (χ3n) is 4.29. The van der Waals surface area contributed by atoms with Gasteiger partial charge in [0.15, 0.2) is 12.4 Å². The Bertz CT molecular complexity index is 966. The molecule has 0 aromatic heterocycles. The molecule has 0 aliphatic rings. The average Bonchev–Trinajstić information content (AvgIpc) is 2.76. The molecular formula is C21H30Cl2N2O7S. The van der Waals surface area contributed by atoms with Crippen molar-refractivity contribution in [2.75, 3.05) is 18.1 Å². The van der Waals surface area contributed by atoms with Gasteiger partial charge in [0.25, 0.3) is 0 Å². The summed E-state index contributed by atoms with van der Waals surface area (Å²) in [4.78, 5) is 32.7. The summed E-state index contributed by atoms with van der Waals surface area (Å²) >= 11 is 11.9. The smallest absolute Gasteiger partial charge is 0.341 e. The summed E-state index contributed by atoms with van der Waals surface area (Å²) in [5.41, 5.74) is 5.88. The third-order valence-corrected chi connectivity index (χ3v) is 7.00.